The Hall–Kier alpha value is -1.60. The second-order valence-corrected chi connectivity index (χ2v) is 3.73. The molecular weight excluding hydrogens is 258 g/mol. The van der Waals surface area contributed by atoms with Gasteiger partial charge in [0.2, 0.25) is 0 Å². The van der Waals surface area contributed by atoms with Crippen molar-refractivity contribution in [3.8, 4) is 0 Å². The van der Waals surface area contributed by atoms with E-state index in [9.17, 15) is 4.79 Å². The highest BCUT2D eigenvalue weighted by Crippen LogP contribution is 2.21. The van der Waals surface area contributed by atoms with Crippen molar-refractivity contribution in [1.29, 1.82) is 0 Å². The third-order valence-electron chi connectivity index (χ3n) is 2.65. The molecule has 0 amide bonds. The van der Waals surface area contributed by atoms with Gasteiger partial charge in [0, 0.05) is 32.2 Å². The van der Waals surface area contributed by atoms with Gasteiger partial charge in [0.25, 0.3) is 0 Å². The molecule has 18 heavy (non-hydrogen) atoms. The number of nitrogens with zero attached hydrogens (tertiary/aromatic N) is 3. The molecular formula is C10H16ClN5O2. The lowest BCUT2D eigenvalue weighted by molar-refractivity contribution is 0.0593. The zero-order valence-electron chi connectivity index (χ0n) is 10.0. The van der Waals surface area contributed by atoms with E-state index in [4.69, 9.17) is 5.73 Å². The summed E-state index contributed by atoms with van der Waals surface area (Å²) in [5.41, 5.74) is 6.69. The fourth-order valence-electron chi connectivity index (χ4n) is 1.75. The van der Waals surface area contributed by atoms with Crippen molar-refractivity contribution in [2.75, 3.05) is 43.9 Å². The molecule has 0 spiro atoms. The molecule has 0 aromatic carbocycles. The van der Waals surface area contributed by atoms with Crippen molar-refractivity contribution in [1.82, 2.24) is 15.5 Å². The van der Waals surface area contributed by atoms with Gasteiger partial charge in [-0.05, 0) is 0 Å². The number of ether oxygens (including phenoxy) is 1. The van der Waals surface area contributed by atoms with E-state index < -0.39 is 5.97 Å². The number of methoxy groups -OCH3 is 1. The van der Waals surface area contributed by atoms with E-state index in [2.05, 4.69) is 25.2 Å². The summed E-state index contributed by atoms with van der Waals surface area (Å²) in [4.78, 5) is 13.4. The summed E-state index contributed by atoms with van der Waals surface area (Å²) in [6.07, 6.45) is 0. The van der Waals surface area contributed by atoms with Gasteiger partial charge in [-0.25, -0.2) is 4.79 Å². The van der Waals surface area contributed by atoms with E-state index in [1.807, 2.05) is 0 Å². The molecule has 2 rings (SSSR count). The number of rotatable bonds is 2. The molecule has 0 unspecified atom stereocenters. The van der Waals surface area contributed by atoms with Crippen molar-refractivity contribution < 1.29 is 9.53 Å². The van der Waals surface area contributed by atoms with E-state index >= 15 is 0 Å². The standard InChI is InChI=1S/C10H15N5O2.ClH/c1-17-10(16)7-6-8(9(11)14-13-7)15-4-2-12-3-5-15;/h6,12H,2-5H2,1H3,(H2,11,14);1H. The van der Waals surface area contributed by atoms with Crippen molar-refractivity contribution >= 4 is 29.9 Å². The van der Waals surface area contributed by atoms with Gasteiger partial charge in [-0.2, -0.15) is 0 Å². The lowest BCUT2D eigenvalue weighted by Crippen LogP contribution is -2.44. The number of esters is 1. The topological polar surface area (TPSA) is 93.4 Å². The Kier molecular flexibility index (Phi) is 5.11. The Labute approximate surface area is 111 Å². The van der Waals surface area contributed by atoms with Crippen LogP contribution in [0.15, 0.2) is 6.07 Å². The number of nitrogens with one attached hydrogen (secondary N) is 1. The minimum Gasteiger partial charge on any atom is -0.464 e. The summed E-state index contributed by atoms with van der Waals surface area (Å²) in [5, 5.41) is 10.7. The fraction of sp³-hybridized carbons (Fsp3) is 0.500. The summed E-state index contributed by atoms with van der Waals surface area (Å²) in [6, 6.07) is 1.62. The van der Waals surface area contributed by atoms with Gasteiger partial charge in [-0.15, -0.1) is 22.6 Å². The summed E-state index contributed by atoms with van der Waals surface area (Å²) in [6.45, 7) is 3.43. The number of anilines is 2. The van der Waals surface area contributed by atoms with Gasteiger partial charge in [0.1, 0.15) is 0 Å². The molecule has 3 N–H and O–H groups in total. The smallest absolute Gasteiger partial charge is 0.358 e. The quantitative estimate of drug-likeness (QED) is 0.713. The van der Waals surface area contributed by atoms with Crippen LogP contribution in [0.1, 0.15) is 10.5 Å². The zero-order valence-corrected chi connectivity index (χ0v) is 10.9. The number of halogens is 1. The molecule has 8 heteroatoms. The van der Waals surface area contributed by atoms with E-state index in [1.165, 1.54) is 7.11 Å². The molecule has 0 radical (unpaired) electrons. The fourth-order valence-corrected chi connectivity index (χ4v) is 1.75. The van der Waals surface area contributed by atoms with Crippen LogP contribution < -0.4 is 16.0 Å². The molecule has 1 aliphatic heterocycles. The Bertz CT molecular complexity index is 423. The maximum absolute atomic E-state index is 11.4. The van der Waals surface area contributed by atoms with Crippen LogP contribution in [0.3, 0.4) is 0 Å². The molecule has 1 aromatic rings. The lowest BCUT2D eigenvalue weighted by atomic mass is 10.2. The average molecular weight is 274 g/mol. The van der Waals surface area contributed by atoms with Gasteiger partial charge in [-0.3, -0.25) is 0 Å². The van der Waals surface area contributed by atoms with Crippen LogP contribution in [-0.4, -0.2) is 49.5 Å². The van der Waals surface area contributed by atoms with Crippen molar-refractivity contribution in [3.05, 3.63) is 11.8 Å². The number of nitrogen functional groups attached to an aromatic ring is 1. The number of carbonyl (C=O) groups is 1. The number of hydrogen-bond donors (Lipinski definition) is 2. The predicted octanol–water partition coefficient (Wildman–Crippen LogP) is -0.323. The molecule has 0 bridgehead atoms. The summed E-state index contributed by atoms with van der Waals surface area (Å²) < 4.78 is 4.61. The summed E-state index contributed by atoms with van der Waals surface area (Å²) in [5.74, 6) is -0.173. The normalized spacial score (nSPS) is 14.8. The van der Waals surface area contributed by atoms with E-state index in [1.54, 1.807) is 6.07 Å². The van der Waals surface area contributed by atoms with E-state index in [-0.39, 0.29) is 18.1 Å². The van der Waals surface area contributed by atoms with Crippen LogP contribution in [0.2, 0.25) is 0 Å². The molecule has 2 heterocycles. The minimum absolute atomic E-state index is 0. The van der Waals surface area contributed by atoms with Crippen LogP contribution in [0.25, 0.3) is 0 Å². The molecule has 1 fully saturated rings. The molecule has 0 atom stereocenters. The molecule has 0 aliphatic carbocycles. The van der Waals surface area contributed by atoms with Gasteiger partial charge in [-0.1, -0.05) is 0 Å². The average Bonchev–Trinajstić information content (AvgIpc) is 2.39. The predicted molar refractivity (Wildman–Crippen MR) is 70.1 cm³/mol. The van der Waals surface area contributed by atoms with Gasteiger partial charge >= 0.3 is 5.97 Å². The van der Waals surface area contributed by atoms with Gasteiger partial charge in [0.05, 0.1) is 12.8 Å². The van der Waals surface area contributed by atoms with Crippen molar-refractivity contribution in [2.24, 2.45) is 0 Å². The molecule has 1 aromatic heterocycles. The zero-order chi connectivity index (χ0) is 12.3. The van der Waals surface area contributed by atoms with Crippen LogP contribution in [-0.2, 0) is 4.74 Å². The monoisotopic (exact) mass is 273 g/mol. The Balaban J connectivity index is 0.00000162. The highest BCUT2D eigenvalue weighted by Gasteiger charge is 2.17. The van der Waals surface area contributed by atoms with Crippen LogP contribution >= 0.6 is 12.4 Å². The first-order valence-electron chi connectivity index (χ1n) is 5.39. The number of piperazine rings is 1. The minimum atomic E-state index is -0.506. The van der Waals surface area contributed by atoms with E-state index in [0.717, 1.165) is 31.9 Å². The Morgan fingerprint density at radius 2 is 2.11 bits per heavy atom. The van der Waals surface area contributed by atoms with Crippen LogP contribution in [0.4, 0.5) is 11.5 Å². The highest BCUT2D eigenvalue weighted by molar-refractivity contribution is 5.89. The number of nitrogens with two attached hydrogens (primary N) is 1. The van der Waals surface area contributed by atoms with Crippen molar-refractivity contribution in [2.45, 2.75) is 0 Å². The van der Waals surface area contributed by atoms with Gasteiger partial charge < -0.3 is 20.7 Å². The number of aromatic nitrogens is 2. The van der Waals surface area contributed by atoms with Gasteiger partial charge in [0.15, 0.2) is 11.5 Å². The molecule has 7 nitrogen and oxygen atoms in total. The Morgan fingerprint density at radius 1 is 1.44 bits per heavy atom. The first-order chi connectivity index (χ1) is 8.22. The second kappa shape index (κ2) is 6.36. The Morgan fingerprint density at radius 3 is 2.72 bits per heavy atom. The summed E-state index contributed by atoms with van der Waals surface area (Å²) >= 11 is 0. The summed E-state index contributed by atoms with van der Waals surface area (Å²) in [7, 11) is 1.31. The SMILES string of the molecule is COC(=O)c1cc(N2CCNCC2)c(N)nn1.Cl. The number of hydrogen-bond acceptors (Lipinski definition) is 7. The first kappa shape index (κ1) is 14.5. The number of carbonyl (C=O) groups excluding carboxylic acids is 1. The van der Waals surface area contributed by atoms with E-state index in [0.29, 0.717) is 5.82 Å². The molecule has 1 saturated heterocycles. The lowest BCUT2D eigenvalue weighted by Gasteiger charge is -2.29. The maximum atomic E-state index is 11.4. The van der Waals surface area contributed by atoms with Crippen molar-refractivity contribution in [3.63, 3.8) is 0 Å². The largest absolute Gasteiger partial charge is 0.464 e. The molecule has 100 valence electrons. The van der Waals surface area contributed by atoms with Crippen LogP contribution in [0.5, 0.6) is 0 Å². The second-order valence-electron chi connectivity index (χ2n) is 3.73. The molecule has 1 aliphatic rings. The third-order valence-corrected chi connectivity index (χ3v) is 2.65. The highest BCUT2D eigenvalue weighted by atomic mass is 35.5. The first-order valence-corrected chi connectivity index (χ1v) is 5.39. The maximum Gasteiger partial charge on any atom is 0.358 e. The van der Waals surface area contributed by atoms with Crippen LogP contribution in [0, 0.1) is 0 Å². The third kappa shape index (κ3) is 2.99. The molecule has 0 saturated carbocycles.